The van der Waals surface area contributed by atoms with Gasteiger partial charge >= 0.3 is 0 Å². The van der Waals surface area contributed by atoms with Crippen molar-refractivity contribution in [1.29, 1.82) is 0 Å². The Labute approximate surface area is 107 Å². The molecule has 5 N–H and O–H groups in total. The average molecular weight is 254 g/mol. The Kier molecular flexibility index (Phi) is 6.82. The van der Waals surface area contributed by atoms with Crippen LogP contribution in [0.25, 0.3) is 0 Å². The highest BCUT2D eigenvalue weighted by Gasteiger charge is 2.07. The maximum atomic E-state index is 5.42. The summed E-state index contributed by atoms with van der Waals surface area (Å²) in [5, 5.41) is 9.84. The molecule has 0 radical (unpaired) electrons. The first kappa shape index (κ1) is 14.5. The van der Waals surface area contributed by atoms with Gasteiger partial charge in [0.1, 0.15) is 0 Å². The van der Waals surface area contributed by atoms with Gasteiger partial charge < -0.3 is 10.1 Å². The highest BCUT2D eigenvalue weighted by atomic mass is 16.5. The van der Waals surface area contributed by atoms with Crippen molar-refractivity contribution in [3.8, 4) is 0 Å². The van der Waals surface area contributed by atoms with E-state index in [0.717, 1.165) is 25.2 Å². The van der Waals surface area contributed by atoms with Crippen LogP contribution in [0, 0.1) is 0 Å². The lowest BCUT2D eigenvalue weighted by Crippen LogP contribution is -2.42. The van der Waals surface area contributed by atoms with Crippen LogP contribution in [-0.4, -0.2) is 35.9 Å². The molecule has 1 unspecified atom stereocenters. The van der Waals surface area contributed by atoms with Crippen molar-refractivity contribution in [2.75, 3.05) is 19.8 Å². The molecule has 0 spiro atoms. The molecule has 0 amide bonds. The largest absolute Gasteiger partial charge is 0.382 e. The molecule has 0 aliphatic heterocycles. The smallest absolute Gasteiger partial charge is 0.206 e. The molecular weight excluding hydrogens is 232 g/mol. The van der Waals surface area contributed by atoms with Crippen LogP contribution >= 0.6 is 0 Å². The van der Waals surface area contributed by atoms with Gasteiger partial charge in [-0.3, -0.25) is 15.5 Å². The lowest BCUT2D eigenvalue weighted by atomic mass is 10.2. The molecule has 0 saturated carbocycles. The third-order valence-electron chi connectivity index (χ3n) is 2.43. The second-order valence-electron chi connectivity index (χ2n) is 3.82. The fraction of sp³-hybridized carbons (Fsp3) is 0.636. The maximum Gasteiger partial charge on any atom is 0.206 e. The van der Waals surface area contributed by atoms with Gasteiger partial charge in [-0.05, 0) is 20.3 Å². The van der Waals surface area contributed by atoms with Gasteiger partial charge in [0.05, 0.1) is 12.2 Å². The summed E-state index contributed by atoms with van der Waals surface area (Å²) < 4.78 is 5.24. The van der Waals surface area contributed by atoms with Gasteiger partial charge in [-0.2, -0.15) is 5.10 Å². The molecule has 18 heavy (non-hydrogen) atoms. The molecule has 1 heterocycles. The van der Waals surface area contributed by atoms with Crippen LogP contribution in [0.1, 0.15) is 31.9 Å². The highest BCUT2D eigenvalue weighted by molar-refractivity contribution is 5.79. The molecular formula is C11H22N6O. The number of nitrogens with two attached hydrogens (primary N) is 1. The number of ether oxygens (including phenoxy) is 1. The maximum absolute atomic E-state index is 5.42. The molecule has 1 aromatic heterocycles. The van der Waals surface area contributed by atoms with E-state index in [2.05, 4.69) is 25.9 Å². The van der Waals surface area contributed by atoms with Crippen LogP contribution < -0.4 is 16.6 Å². The third kappa shape index (κ3) is 5.15. The Morgan fingerprint density at radius 1 is 1.67 bits per heavy atom. The molecule has 0 aromatic carbocycles. The lowest BCUT2D eigenvalue weighted by Gasteiger charge is -2.15. The number of H-pyrrole nitrogens is 1. The molecule has 1 atom stereocenters. The second-order valence-corrected chi connectivity index (χ2v) is 3.82. The van der Waals surface area contributed by atoms with E-state index >= 15 is 0 Å². The predicted molar refractivity (Wildman–Crippen MR) is 70.9 cm³/mol. The van der Waals surface area contributed by atoms with E-state index in [4.69, 9.17) is 10.6 Å². The van der Waals surface area contributed by atoms with Crippen LogP contribution in [0.3, 0.4) is 0 Å². The van der Waals surface area contributed by atoms with Gasteiger partial charge in [0.2, 0.25) is 5.96 Å². The number of hydrogen-bond acceptors (Lipinski definition) is 4. The number of hydrogen-bond donors (Lipinski definition) is 4. The summed E-state index contributed by atoms with van der Waals surface area (Å²) in [4.78, 5) is 4.32. The van der Waals surface area contributed by atoms with Gasteiger partial charge in [0, 0.05) is 31.5 Å². The van der Waals surface area contributed by atoms with Crippen molar-refractivity contribution in [3.63, 3.8) is 0 Å². The number of aliphatic imine (C=N–C) groups is 1. The first-order valence-corrected chi connectivity index (χ1v) is 6.12. The van der Waals surface area contributed by atoms with E-state index in [1.807, 2.05) is 20.0 Å². The zero-order chi connectivity index (χ0) is 13.2. The normalized spacial score (nSPS) is 13.4. The second kappa shape index (κ2) is 8.48. The minimum absolute atomic E-state index is 0.0884. The molecule has 0 aliphatic carbocycles. The SMILES string of the molecule is CCOCCCN=C(NN)NC(C)c1cn[nH]c1. The standard InChI is InChI=1S/C11H22N6O/c1-3-18-6-4-5-13-11(17-12)16-9(2)10-7-14-15-8-10/h7-9H,3-6,12H2,1-2H3,(H,14,15)(H2,13,16,17). The van der Waals surface area contributed by atoms with Crippen LogP contribution in [0.2, 0.25) is 0 Å². The minimum atomic E-state index is 0.0884. The van der Waals surface area contributed by atoms with E-state index in [0.29, 0.717) is 12.5 Å². The summed E-state index contributed by atoms with van der Waals surface area (Å²) in [5.41, 5.74) is 3.60. The Morgan fingerprint density at radius 2 is 2.50 bits per heavy atom. The molecule has 1 rings (SSSR count). The van der Waals surface area contributed by atoms with Gasteiger partial charge in [-0.25, -0.2) is 5.84 Å². The lowest BCUT2D eigenvalue weighted by molar-refractivity contribution is 0.146. The molecule has 0 saturated heterocycles. The summed E-state index contributed by atoms with van der Waals surface area (Å²) >= 11 is 0. The van der Waals surface area contributed by atoms with Crippen molar-refractivity contribution in [3.05, 3.63) is 18.0 Å². The van der Waals surface area contributed by atoms with Crippen LogP contribution in [0.15, 0.2) is 17.4 Å². The van der Waals surface area contributed by atoms with E-state index in [1.54, 1.807) is 6.20 Å². The number of hydrazine groups is 1. The zero-order valence-electron chi connectivity index (χ0n) is 10.9. The monoisotopic (exact) mass is 254 g/mol. The van der Waals surface area contributed by atoms with Crippen LogP contribution in [0.5, 0.6) is 0 Å². The van der Waals surface area contributed by atoms with Gasteiger partial charge in [-0.15, -0.1) is 0 Å². The topological polar surface area (TPSA) is 100 Å². The van der Waals surface area contributed by atoms with Crippen LogP contribution in [-0.2, 0) is 4.74 Å². The molecule has 7 nitrogen and oxygen atoms in total. The Bertz CT molecular complexity index is 337. The summed E-state index contributed by atoms with van der Waals surface area (Å²) in [6, 6.07) is 0.0884. The summed E-state index contributed by atoms with van der Waals surface area (Å²) in [7, 11) is 0. The van der Waals surface area contributed by atoms with Crippen molar-refractivity contribution >= 4 is 5.96 Å². The molecule has 102 valence electrons. The number of aromatic amines is 1. The number of nitrogens with zero attached hydrogens (tertiary/aromatic N) is 2. The summed E-state index contributed by atoms with van der Waals surface area (Å²) in [6.45, 7) is 6.11. The third-order valence-corrected chi connectivity index (χ3v) is 2.43. The molecule has 0 fully saturated rings. The van der Waals surface area contributed by atoms with E-state index < -0.39 is 0 Å². The van der Waals surface area contributed by atoms with E-state index in [1.165, 1.54) is 0 Å². The molecule has 0 aliphatic rings. The highest BCUT2D eigenvalue weighted by Crippen LogP contribution is 2.08. The summed E-state index contributed by atoms with van der Waals surface area (Å²) in [6.07, 6.45) is 4.47. The number of aromatic nitrogens is 2. The van der Waals surface area contributed by atoms with E-state index in [-0.39, 0.29) is 6.04 Å². The number of nitrogens with one attached hydrogen (secondary N) is 3. The molecule has 0 bridgehead atoms. The van der Waals surface area contributed by atoms with E-state index in [9.17, 15) is 0 Å². The van der Waals surface area contributed by atoms with Crippen LogP contribution in [0.4, 0.5) is 0 Å². The zero-order valence-corrected chi connectivity index (χ0v) is 10.9. The van der Waals surface area contributed by atoms with Gasteiger partial charge in [0.15, 0.2) is 0 Å². The molecule has 1 aromatic rings. The van der Waals surface area contributed by atoms with Crippen molar-refractivity contribution in [1.82, 2.24) is 20.9 Å². The minimum Gasteiger partial charge on any atom is -0.382 e. The predicted octanol–water partition coefficient (Wildman–Crippen LogP) is 0.306. The van der Waals surface area contributed by atoms with Crippen molar-refractivity contribution in [2.45, 2.75) is 26.3 Å². The molecule has 7 heteroatoms. The fourth-order valence-corrected chi connectivity index (χ4v) is 1.42. The Balaban J connectivity index is 2.34. The fourth-order valence-electron chi connectivity index (χ4n) is 1.42. The van der Waals surface area contributed by atoms with Gasteiger partial charge in [-0.1, -0.05) is 0 Å². The number of rotatable bonds is 7. The first-order chi connectivity index (χ1) is 8.77. The Morgan fingerprint density at radius 3 is 3.11 bits per heavy atom. The van der Waals surface area contributed by atoms with Crippen molar-refractivity contribution < 1.29 is 4.74 Å². The van der Waals surface area contributed by atoms with Crippen molar-refractivity contribution in [2.24, 2.45) is 10.8 Å². The summed E-state index contributed by atoms with van der Waals surface area (Å²) in [5.74, 6) is 5.99. The average Bonchev–Trinajstić information content (AvgIpc) is 2.91. The van der Waals surface area contributed by atoms with Gasteiger partial charge in [0.25, 0.3) is 0 Å². The Hall–Kier alpha value is -1.60. The first-order valence-electron chi connectivity index (χ1n) is 6.12. The number of guanidine groups is 1. The quantitative estimate of drug-likeness (QED) is 0.184.